The maximum absolute atomic E-state index is 14.4. The minimum Gasteiger partial charge on any atom is -0.508 e. The highest BCUT2D eigenvalue weighted by molar-refractivity contribution is 6.24. The van der Waals surface area contributed by atoms with Crippen molar-refractivity contribution in [3.63, 3.8) is 0 Å². The van der Waals surface area contributed by atoms with Gasteiger partial charge in [0.25, 0.3) is 0 Å². The van der Waals surface area contributed by atoms with E-state index in [-0.39, 0.29) is 48.8 Å². The molecule has 2 saturated heterocycles. The fraction of sp³-hybridized carbons (Fsp3) is 0.441. The SMILES string of the molecule is COc1ccc(C2C3=CCC4C(=O)N(CCCCCC(=O)O)C(=O)C4C3CC3C(=O)N(c4ccccc4)C(=O)C32C)c(O)c1. The van der Waals surface area contributed by atoms with Gasteiger partial charge in [-0.25, -0.2) is 4.90 Å². The molecule has 2 aliphatic carbocycles. The Hall–Kier alpha value is -4.47. The molecule has 10 heteroatoms. The number of phenolic OH excluding ortho intramolecular Hbond substituents is 1. The lowest BCUT2D eigenvalue weighted by atomic mass is 9.51. The van der Waals surface area contributed by atoms with Crippen molar-refractivity contribution in [2.75, 3.05) is 18.6 Å². The van der Waals surface area contributed by atoms with Crippen LogP contribution in [0.5, 0.6) is 11.5 Å². The molecule has 2 heterocycles. The van der Waals surface area contributed by atoms with Gasteiger partial charge >= 0.3 is 5.97 Å². The summed E-state index contributed by atoms with van der Waals surface area (Å²) in [6.07, 6.45) is 4.09. The van der Waals surface area contributed by atoms with E-state index in [0.29, 0.717) is 42.7 Å². The molecule has 4 aliphatic rings. The Labute approximate surface area is 255 Å². The summed E-state index contributed by atoms with van der Waals surface area (Å²) < 4.78 is 5.30. The number of para-hydroxylation sites is 1. The van der Waals surface area contributed by atoms with Crippen LogP contribution < -0.4 is 9.64 Å². The van der Waals surface area contributed by atoms with Gasteiger partial charge in [0.05, 0.1) is 36.0 Å². The van der Waals surface area contributed by atoms with Gasteiger partial charge in [-0.1, -0.05) is 42.3 Å². The maximum Gasteiger partial charge on any atom is 0.303 e. The summed E-state index contributed by atoms with van der Waals surface area (Å²) in [5.41, 5.74) is 0.484. The topological polar surface area (TPSA) is 142 Å². The third kappa shape index (κ3) is 4.50. The van der Waals surface area contributed by atoms with E-state index in [1.54, 1.807) is 43.3 Å². The standard InChI is InChI=1S/C34H36N2O8/c1-34-25(31(41)36(33(34)43)19-9-5-3-6-10-19)18-24-21(29(34)22-13-12-20(44-2)17-26(22)37)14-15-23-28(24)32(42)35(30(23)40)16-8-4-7-11-27(38)39/h3,5-6,9-10,12-14,17,23-25,28-29,37H,4,7-8,11,15-16,18H2,1-2H3,(H,38,39). The Bertz CT molecular complexity index is 1570. The molecule has 44 heavy (non-hydrogen) atoms. The molecule has 10 nitrogen and oxygen atoms in total. The number of unbranched alkanes of at least 4 members (excludes halogenated alkanes) is 2. The zero-order chi connectivity index (χ0) is 31.3. The van der Waals surface area contributed by atoms with Gasteiger partial charge in [0.15, 0.2) is 0 Å². The predicted octanol–water partition coefficient (Wildman–Crippen LogP) is 4.28. The number of carboxylic acid groups (broad SMARTS) is 1. The highest BCUT2D eigenvalue weighted by Crippen LogP contribution is 2.64. The zero-order valence-electron chi connectivity index (χ0n) is 24.8. The summed E-state index contributed by atoms with van der Waals surface area (Å²) in [5.74, 6) is -4.97. The first-order valence-electron chi connectivity index (χ1n) is 15.2. The van der Waals surface area contributed by atoms with Gasteiger partial charge in [0.2, 0.25) is 23.6 Å². The first kappa shape index (κ1) is 29.6. The number of rotatable bonds is 9. The van der Waals surface area contributed by atoms with Crippen LogP contribution in [0.15, 0.2) is 60.2 Å². The van der Waals surface area contributed by atoms with Crippen LogP contribution in [-0.2, 0) is 24.0 Å². The normalized spacial score (nSPS) is 29.3. The van der Waals surface area contributed by atoms with Crippen molar-refractivity contribution in [3.05, 3.63) is 65.7 Å². The maximum atomic E-state index is 14.4. The van der Waals surface area contributed by atoms with Crippen molar-refractivity contribution in [3.8, 4) is 11.5 Å². The Morgan fingerprint density at radius 3 is 2.41 bits per heavy atom. The van der Waals surface area contributed by atoms with E-state index in [4.69, 9.17) is 9.84 Å². The smallest absolute Gasteiger partial charge is 0.303 e. The molecule has 3 fully saturated rings. The summed E-state index contributed by atoms with van der Waals surface area (Å²) in [6.45, 7) is 2.00. The second-order valence-corrected chi connectivity index (χ2v) is 12.5. The number of anilines is 1. The number of amides is 4. The lowest BCUT2D eigenvalue weighted by molar-refractivity contribution is -0.141. The fourth-order valence-corrected chi connectivity index (χ4v) is 8.09. The van der Waals surface area contributed by atoms with E-state index < -0.39 is 41.0 Å². The molecule has 0 radical (unpaired) electrons. The van der Waals surface area contributed by atoms with Gasteiger partial charge in [0, 0.05) is 30.5 Å². The molecule has 0 spiro atoms. The lowest BCUT2D eigenvalue weighted by Gasteiger charge is -2.49. The first-order valence-corrected chi connectivity index (χ1v) is 15.2. The van der Waals surface area contributed by atoms with Gasteiger partial charge in [-0.05, 0) is 56.7 Å². The Morgan fingerprint density at radius 2 is 1.73 bits per heavy atom. The molecule has 4 amide bonds. The number of fused-ring (bicyclic) bond motifs is 4. The first-order chi connectivity index (χ1) is 21.1. The Kier molecular flexibility index (Phi) is 7.55. The van der Waals surface area contributed by atoms with Crippen molar-refractivity contribution in [1.29, 1.82) is 0 Å². The number of methoxy groups -OCH3 is 1. The number of carbonyl (C=O) groups excluding carboxylic acids is 4. The summed E-state index contributed by atoms with van der Waals surface area (Å²) >= 11 is 0. The number of aromatic hydroxyl groups is 1. The van der Waals surface area contributed by atoms with E-state index >= 15 is 0 Å². The monoisotopic (exact) mass is 600 g/mol. The zero-order valence-corrected chi connectivity index (χ0v) is 24.8. The van der Waals surface area contributed by atoms with Crippen molar-refractivity contribution >= 4 is 35.3 Å². The van der Waals surface area contributed by atoms with Crippen LogP contribution in [0, 0.1) is 29.1 Å². The van der Waals surface area contributed by atoms with Gasteiger partial charge in [0.1, 0.15) is 11.5 Å². The van der Waals surface area contributed by atoms with Crippen molar-refractivity contribution in [1.82, 2.24) is 4.90 Å². The predicted molar refractivity (Wildman–Crippen MR) is 159 cm³/mol. The number of benzene rings is 2. The largest absolute Gasteiger partial charge is 0.508 e. The van der Waals surface area contributed by atoms with Gasteiger partial charge < -0.3 is 14.9 Å². The minimum absolute atomic E-state index is 0.0367. The van der Waals surface area contributed by atoms with Crippen LogP contribution in [-0.4, -0.2) is 58.4 Å². The molecule has 0 bridgehead atoms. The average Bonchev–Trinajstić information content (AvgIpc) is 3.37. The van der Waals surface area contributed by atoms with Gasteiger partial charge in [-0.3, -0.25) is 28.9 Å². The van der Waals surface area contributed by atoms with Crippen LogP contribution in [0.4, 0.5) is 5.69 Å². The third-order valence-electron chi connectivity index (χ3n) is 10.2. The molecule has 230 valence electrons. The van der Waals surface area contributed by atoms with E-state index in [0.717, 1.165) is 5.57 Å². The molecule has 6 atom stereocenters. The molecule has 6 unspecified atom stereocenters. The number of aliphatic carboxylic acids is 1. The second kappa shape index (κ2) is 11.2. The summed E-state index contributed by atoms with van der Waals surface area (Å²) in [6, 6.07) is 13.7. The number of nitrogens with zero attached hydrogens (tertiary/aromatic N) is 2. The number of carbonyl (C=O) groups is 5. The second-order valence-electron chi connectivity index (χ2n) is 12.5. The van der Waals surface area contributed by atoms with Gasteiger partial charge in [-0.15, -0.1) is 0 Å². The van der Waals surface area contributed by atoms with E-state index in [9.17, 15) is 29.1 Å². The van der Waals surface area contributed by atoms with E-state index in [2.05, 4.69) is 0 Å². The van der Waals surface area contributed by atoms with Crippen molar-refractivity contribution in [2.45, 2.75) is 51.4 Å². The Balaban J connectivity index is 1.39. The number of hydrogen-bond acceptors (Lipinski definition) is 7. The molecular weight excluding hydrogens is 564 g/mol. The number of phenols is 1. The highest BCUT2D eigenvalue weighted by atomic mass is 16.5. The molecule has 1 saturated carbocycles. The average molecular weight is 601 g/mol. The van der Waals surface area contributed by atoms with Crippen LogP contribution >= 0.6 is 0 Å². The van der Waals surface area contributed by atoms with E-state index in [1.165, 1.54) is 23.0 Å². The van der Waals surface area contributed by atoms with Crippen LogP contribution in [0.25, 0.3) is 0 Å². The number of allylic oxidation sites excluding steroid dienone is 2. The Morgan fingerprint density at radius 1 is 0.977 bits per heavy atom. The van der Waals surface area contributed by atoms with Crippen LogP contribution in [0.3, 0.4) is 0 Å². The fourth-order valence-electron chi connectivity index (χ4n) is 8.09. The number of likely N-dealkylation sites (tertiary alicyclic amines) is 1. The molecule has 6 rings (SSSR count). The number of ether oxygens (including phenoxy) is 1. The molecule has 2 aromatic carbocycles. The van der Waals surface area contributed by atoms with E-state index in [1.807, 2.05) is 12.1 Å². The summed E-state index contributed by atoms with van der Waals surface area (Å²) in [5, 5.41) is 20.2. The summed E-state index contributed by atoms with van der Waals surface area (Å²) in [4.78, 5) is 69.4. The molecule has 2 aromatic rings. The third-order valence-corrected chi connectivity index (χ3v) is 10.2. The van der Waals surface area contributed by atoms with Crippen molar-refractivity contribution in [2.24, 2.45) is 29.1 Å². The van der Waals surface area contributed by atoms with Crippen molar-refractivity contribution < 1.29 is 38.9 Å². The molecular formula is C34H36N2O8. The molecule has 0 aromatic heterocycles. The molecule has 2 aliphatic heterocycles. The quantitative estimate of drug-likeness (QED) is 0.247. The number of imide groups is 2. The minimum atomic E-state index is -1.25. The number of hydrogen-bond donors (Lipinski definition) is 2. The summed E-state index contributed by atoms with van der Waals surface area (Å²) in [7, 11) is 1.49. The molecule has 2 N–H and O–H groups in total. The number of carboxylic acids is 1. The van der Waals surface area contributed by atoms with Crippen LogP contribution in [0.2, 0.25) is 0 Å². The van der Waals surface area contributed by atoms with Crippen LogP contribution in [0.1, 0.15) is 56.9 Å². The highest BCUT2D eigenvalue weighted by Gasteiger charge is 2.67. The lowest BCUT2D eigenvalue weighted by Crippen LogP contribution is -2.48. The van der Waals surface area contributed by atoms with Gasteiger partial charge in [-0.2, -0.15) is 0 Å².